The van der Waals surface area contributed by atoms with Crippen molar-refractivity contribution >= 4 is 5.69 Å². The van der Waals surface area contributed by atoms with Crippen LogP contribution in [0, 0.1) is 21.4 Å². The summed E-state index contributed by atoms with van der Waals surface area (Å²) in [6.45, 7) is 0. The lowest BCUT2D eigenvalue weighted by molar-refractivity contribution is -0.385. The first-order valence-electron chi connectivity index (χ1n) is 3.42. The van der Waals surface area contributed by atoms with Gasteiger partial charge in [-0.25, -0.2) is 0 Å². The molecule has 0 spiro atoms. The van der Waals surface area contributed by atoms with Crippen LogP contribution in [0.25, 0.3) is 0 Å². The highest BCUT2D eigenvalue weighted by atomic mass is 16.6. The molecule has 0 amide bonds. The molecule has 0 heterocycles. The van der Waals surface area contributed by atoms with Crippen molar-refractivity contribution in [3.05, 3.63) is 33.9 Å². The van der Waals surface area contributed by atoms with E-state index < -0.39 is 4.92 Å². The number of hydrogen-bond acceptors (Lipinski definition) is 4. The second kappa shape index (κ2) is 3.54. The van der Waals surface area contributed by atoms with Crippen LogP contribution in [0.3, 0.4) is 0 Å². The van der Waals surface area contributed by atoms with E-state index in [1.807, 2.05) is 0 Å². The Labute approximate surface area is 74.3 Å². The van der Waals surface area contributed by atoms with Gasteiger partial charge >= 0.3 is 0 Å². The van der Waals surface area contributed by atoms with Crippen LogP contribution in [0.15, 0.2) is 18.2 Å². The third-order valence-corrected chi connectivity index (χ3v) is 1.53. The molecule has 0 bridgehead atoms. The number of hydrogen-bond donors (Lipinski definition) is 0. The Morgan fingerprint density at radius 3 is 2.77 bits per heavy atom. The molecule has 0 aliphatic rings. The molecule has 5 nitrogen and oxygen atoms in total. The first-order valence-corrected chi connectivity index (χ1v) is 3.42. The third-order valence-electron chi connectivity index (χ3n) is 1.53. The van der Waals surface area contributed by atoms with Crippen LogP contribution in [0.2, 0.25) is 0 Å². The summed E-state index contributed by atoms with van der Waals surface area (Å²) in [5.74, 6) is 0.219. The maximum absolute atomic E-state index is 10.4. The third kappa shape index (κ3) is 1.56. The van der Waals surface area contributed by atoms with E-state index in [0.29, 0.717) is 0 Å². The standard InChI is InChI=1S/C8H6N2O3/c1-13-8-4-2-3-7(10(11)12)6(8)5-9/h2-4H,1H3. The van der Waals surface area contributed by atoms with Crippen molar-refractivity contribution < 1.29 is 9.66 Å². The summed E-state index contributed by atoms with van der Waals surface area (Å²) >= 11 is 0. The molecular formula is C8H6N2O3. The second-order valence-electron chi connectivity index (χ2n) is 2.22. The van der Waals surface area contributed by atoms with Crippen molar-refractivity contribution in [2.75, 3.05) is 7.11 Å². The van der Waals surface area contributed by atoms with E-state index in [1.165, 1.54) is 25.3 Å². The highest BCUT2D eigenvalue weighted by Crippen LogP contribution is 2.26. The minimum absolute atomic E-state index is 0.0463. The van der Waals surface area contributed by atoms with Gasteiger partial charge in [-0.15, -0.1) is 0 Å². The second-order valence-corrected chi connectivity index (χ2v) is 2.22. The smallest absolute Gasteiger partial charge is 0.290 e. The average molecular weight is 178 g/mol. The topological polar surface area (TPSA) is 76.2 Å². The molecule has 66 valence electrons. The van der Waals surface area contributed by atoms with Gasteiger partial charge in [-0.1, -0.05) is 6.07 Å². The van der Waals surface area contributed by atoms with Gasteiger partial charge in [-0.3, -0.25) is 10.1 Å². The first-order chi connectivity index (χ1) is 6.20. The maximum Gasteiger partial charge on any atom is 0.290 e. The Hall–Kier alpha value is -2.09. The maximum atomic E-state index is 10.4. The molecule has 0 radical (unpaired) electrons. The van der Waals surface area contributed by atoms with E-state index in [1.54, 1.807) is 6.07 Å². The number of benzene rings is 1. The van der Waals surface area contributed by atoms with E-state index in [2.05, 4.69) is 0 Å². The summed E-state index contributed by atoms with van der Waals surface area (Å²) < 4.78 is 4.80. The number of nitro groups is 1. The van der Waals surface area contributed by atoms with Crippen molar-refractivity contribution in [2.45, 2.75) is 0 Å². The van der Waals surface area contributed by atoms with Crippen molar-refractivity contribution in [1.29, 1.82) is 5.26 Å². The lowest BCUT2D eigenvalue weighted by atomic mass is 10.2. The van der Waals surface area contributed by atoms with E-state index in [-0.39, 0.29) is 17.0 Å². The quantitative estimate of drug-likeness (QED) is 0.507. The molecule has 0 atom stereocenters. The summed E-state index contributed by atoms with van der Waals surface area (Å²) in [5.41, 5.74) is -0.281. The predicted molar refractivity (Wildman–Crippen MR) is 44.4 cm³/mol. The molecule has 5 heteroatoms. The fourth-order valence-corrected chi connectivity index (χ4v) is 0.954. The van der Waals surface area contributed by atoms with Crippen LogP contribution >= 0.6 is 0 Å². The van der Waals surface area contributed by atoms with Gasteiger partial charge in [0.1, 0.15) is 11.8 Å². The van der Waals surface area contributed by atoms with E-state index >= 15 is 0 Å². The Morgan fingerprint density at radius 1 is 1.62 bits per heavy atom. The molecule has 0 fully saturated rings. The largest absolute Gasteiger partial charge is 0.495 e. The van der Waals surface area contributed by atoms with Gasteiger partial charge in [0, 0.05) is 6.07 Å². The monoisotopic (exact) mass is 178 g/mol. The Bertz CT molecular complexity index is 381. The van der Waals surface area contributed by atoms with Crippen LogP contribution in [0.1, 0.15) is 5.56 Å². The lowest BCUT2D eigenvalue weighted by Crippen LogP contribution is -1.95. The van der Waals surface area contributed by atoms with E-state index in [4.69, 9.17) is 10.00 Å². The van der Waals surface area contributed by atoms with E-state index in [0.717, 1.165) is 0 Å². The fourth-order valence-electron chi connectivity index (χ4n) is 0.954. The van der Waals surface area contributed by atoms with Crippen LogP contribution < -0.4 is 4.74 Å². The number of methoxy groups -OCH3 is 1. The normalized spacial score (nSPS) is 8.92. The average Bonchev–Trinajstić information content (AvgIpc) is 2.16. The number of ether oxygens (including phenoxy) is 1. The minimum atomic E-state index is -0.610. The molecule has 1 aromatic rings. The molecule has 0 aliphatic heterocycles. The van der Waals surface area contributed by atoms with E-state index in [9.17, 15) is 10.1 Å². The molecule has 0 aromatic heterocycles. The molecule has 0 saturated heterocycles. The summed E-state index contributed by atoms with van der Waals surface area (Å²) in [7, 11) is 1.36. The van der Waals surface area contributed by atoms with Crippen molar-refractivity contribution in [3.63, 3.8) is 0 Å². The Balaban J connectivity index is 3.38. The summed E-state index contributed by atoms with van der Waals surface area (Å²) in [4.78, 5) is 9.84. The predicted octanol–water partition coefficient (Wildman–Crippen LogP) is 1.48. The zero-order valence-corrected chi connectivity index (χ0v) is 6.85. The van der Waals surface area contributed by atoms with Gasteiger partial charge in [-0.05, 0) is 6.07 Å². The van der Waals surface area contributed by atoms with Gasteiger partial charge in [0.15, 0.2) is 5.56 Å². The number of nitrogens with zero attached hydrogens (tertiary/aromatic N) is 2. The van der Waals surface area contributed by atoms with Gasteiger partial charge < -0.3 is 4.74 Å². The first kappa shape index (κ1) is 9.00. The molecule has 0 N–H and O–H groups in total. The molecular weight excluding hydrogens is 172 g/mol. The van der Waals surface area contributed by atoms with Gasteiger partial charge in [0.25, 0.3) is 5.69 Å². The van der Waals surface area contributed by atoms with Crippen LogP contribution in [0.5, 0.6) is 5.75 Å². The number of nitriles is 1. The SMILES string of the molecule is COc1cccc([N+](=O)[O-])c1C#N. The summed E-state index contributed by atoms with van der Waals surface area (Å²) in [6, 6.07) is 5.97. The molecule has 0 saturated carbocycles. The molecule has 13 heavy (non-hydrogen) atoms. The molecule has 1 rings (SSSR count). The van der Waals surface area contributed by atoms with Crippen LogP contribution in [0.4, 0.5) is 5.69 Å². The highest BCUT2D eigenvalue weighted by molar-refractivity contribution is 5.56. The fraction of sp³-hybridized carbons (Fsp3) is 0.125. The number of nitro benzene ring substituents is 1. The van der Waals surface area contributed by atoms with Crippen molar-refractivity contribution in [2.24, 2.45) is 0 Å². The number of rotatable bonds is 2. The zero-order chi connectivity index (χ0) is 9.84. The highest BCUT2D eigenvalue weighted by Gasteiger charge is 2.17. The van der Waals surface area contributed by atoms with Crippen LogP contribution in [-0.4, -0.2) is 12.0 Å². The summed E-state index contributed by atoms with van der Waals surface area (Å²) in [5, 5.41) is 19.1. The Kier molecular flexibility index (Phi) is 2.45. The van der Waals surface area contributed by atoms with Gasteiger partial charge in [0.2, 0.25) is 0 Å². The summed E-state index contributed by atoms with van der Waals surface area (Å²) in [6.07, 6.45) is 0. The minimum Gasteiger partial charge on any atom is -0.495 e. The molecule has 0 unspecified atom stereocenters. The van der Waals surface area contributed by atoms with Crippen LogP contribution in [-0.2, 0) is 0 Å². The van der Waals surface area contributed by atoms with Gasteiger partial charge in [0.05, 0.1) is 12.0 Å². The zero-order valence-electron chi connectivity index (χ0n) is 6.85. The van der Waals surface area contributed by atoms with Crippen molar-refractivity contribution in [3.8, 4) is 11.8 Å². The Morgan fingerprint density at radius 2 is 2.31 bits per heavy atom. The van der Waals surface area contributed by atoms with Crippen molar-refractivity contribution in [1.82, 2.24) is 0 Å². The van der Waals surface area contributed by atoms with Gasteiger partial charge in [-0.2, -0.15) is 5.26 Å². The lowest BCUT2D eigenvalue weighted by Gasteiger charge is -2.01. The molecule has 0 aliphatic carbocycles. The molecule has 1 aromatic carbocycles.